The van der Waals surface area contributed by atoms with Crippen LogP contribution in [-0.4, -0.2) is 26.5 Å². The molecule has 1 atom stereocenters. The maximum atomic E-state index is 13.9. The van der Waals surface area contributed by atoms with Gasteiger partial charge in [-0.3, -0.25) is 4.79 Å². The average Bonchev–Trinajstić information content (AvgIpc) is 3.12. The summed E-state index contributed by atoms with van der Waals surface area (Å²) in [7, 11) is 0. The molecule has 0 radical (unpaired) electrons. The first-order chi connectivity index (χ1) is 15.0. The highest BCUT2D eigenvalue weighted by Gasteiger charge is 2.16. The minimum absolute atomic E-state index is 0.135. The van der Waals surface area contributed by atoms with Crippen LogP contribution in [0.5, 0.6) is 0 Å². The van der Waals surface area contributed by atoms with Crippen molar-refractivity contribution in [1.29, 1.82) is 0 Å². The Morgan fingerprint density at radius 1 is 1.10 bits per heavy atom. The van der Waals surface area contributed by atoms with Crippen LogP contribution < -0.4 is 11.2 Å². The number of nitrogens with two attached hydrogens (primary N) is 1. The minimum atomic E-state index is -0.318. The molecule has 0 aliphatic carbocycles. The molecule has 158 valence electrons. The molecule has 0 aliphatic rings. The van der Waals surface area contributed by atoms with Crippen LogP contribution in [0.25, 0.3) is 10.8 Å². The highest BCUT2D eigenvalue weighted by molar-refractivity contribution is 7.99. The summed E-state index contributed by atoms with van der Waals surface area (Å²) in [6.07, 6.45) is 0.223. The molecule has 0 saturated heterocycles. The highest BCUT2D eigenvalue weighted by atomic mass is 32.2. The summed E-state index contributed by atoms with van der Waals surface area (Å²) in [5, 5.41) is 13.8. The molecule has 31 heavy (non-hydrogen) atoms. The van der Waals surface area contributed by atoms with Crippen LogP contribution in [0.1, 0.15) is 29.9 Å². The van der Waals surface area contributed by atoms with Crippen LogP contribution in [0.15, 0.2) is 71.9 Å². The Hall–Kier alpha value is -3.39. The number of hydrogen-bond acceptors (Lipinski definition) is 5. The summed E-state index contributed by atoms with van der Waals surface area (Å²) in [6.45, 7) is 1.96. The second-order valence-corrected chi connectivity index (χ2v) is 8.13. The lowest BCUT2D eigenvalue weighted by Gasteiger charge is -2.16. The molecule has 0 fully saturated rings. The first-order valence-electron chi connectivity index (χ1n) is 9.85. The molecule has 0 aliphatic heterocycles. The van der Waals surface area contributed by atoms with Crippen molar-refractivity contribution in [3.63, 3.8) is 0 Å². The topological polar surface area (TPSA) is 85.8 Å². The van der Waals surface area contributed by atoms with Gasteiger partial charge in [0.05, 0.1) is 11.8 Å². The van der Waals surface area contributed by atoms with Gasteiger partial charge in [-0.15, -0.1) is 10.2 Å². The first kappa shape index (κ1) is 20.9. The molecule has 8 heteroatoms. The van der Waals surface area contributed by atoms with Crippen molar-refractivity contribution in [2.45, 2.75) is 24.5 Å². The number of nitrogens with zero attached hydrogens (tertiary/aromatic N) is 3. The second kappa shape index (κ2) is 9.18. The van der Waals surface area contributed by atoms with Crippen LogP contribution >= 0.6 is 11.8 Å². The van der Waals surface area contributed by atoms with Crippen LogP contribution in [0.4, 0.5) is 4.39 Å². The number of nitrogens with one attached hydrogen (secondary N) is 1. The quantitative estimate of drug-likeness (QED) is 0.340. The standard InChI is InChI=1S/C23H22FN5OS/c1-15(18-11-6-9-16-7-2-4-10-19(16)18)26-22(30)14-31-23-28-27-21(29(23)25)13-17-8-3-5-12-20(17)24/h2-12,15H,13-14,25H2,1H3,(H,26,30)/t15-/m0/s1. The van der Waals surface area contributed by atoms with Crippen molar-refractivity contribution in [1.82, 2.24) is 20.2 Å². The molecule has 1 aromatic heterocycles. The van der Waals surface area contributed by atoms with Gasteiger partial charge in [-0.25, -0.2) is 9.07 Å². The molecule has 0 spiro atoms. The Kier molecular flexibility index (Phi) is 6.18. The third kappa shape index (κ3) is 4.69. The third-order valence-electron chi connectivity index (χ3n) is 5.04. The van der Waals surface area contributed by atoms with Gasteiger partial charge in [0.2, 0.25) is 11.1 Å². The van der Waals surface area contributed by atoms with Gasteiger partial charge in [0, 0.05) is 6.42 Å². The number of nitrogen functional groups attached to an aromatic ring is 1. The number of fused-ring (bicyclic) bond motifs is 1. The van der Waals surface area contributed by atoms with E-state index < -0.39 is 0 Å². The van der Waals surface area contributed by atoms with E-state index in [0.717, 1.165) is 16.3 Å². The largest absolute Gasteiger partial charge is 0.349 e. The maximum Gasteiger partial charge on any atom is 0.230 e. The van der Waals surface area contributed by atoms with E-state index in [4.69, 9.17) is 5.84 Å². The SMILES string of the molecule is C[C@H](NC(=O)CSc1nnc(Cc2ccccc2F)n1N)c1cccc2ccccc12. The fourth-order valence-corrected chi connectivity index (χ4v) is 4.14. The Morgan fingerprint density at radius 3 is 2.68 bits per heavy atom. The van der Waals surface area contributed by atoms with Gasteiger partial charge in [0.25, 0.3) is 0 Å². The molecule has 4 rings (SSSR count). The van der Waals surface area contributed by atoms with Crippen LogP contribution in [-0.2, 0) is 11.2 Å². The molecule has 0 saturated carbocycles. The van der Waals surface area contributed by atoms with E-state index in [1.165, 1.54) is 22.5 Å². The molecule has 3 N–H and O–H groups in total. The van der Waals surface area contributed by atoms with E-state index in [0.29, 0.717) is 16.5 Å². The Balaban J connectivity index is 1.38. The van der Waals surface area contributed by atoms with Crippen LogP contribution in [0.3, 0.4) is 0 Å². The number of carbonyl (C=O) groups is 1. The lowest BCUT2D eigenvalue weighted by atomic mass is 10.00. The van der Waals surface area contributed by atoms with Gasteiger partial charge >= 0.3 is 0 Å². The molecule has 1 heterocycles. The molecule has 0 bridgehead atoms. The van der Waals surface area contributed by atoms with E-state index in [2.05, 4.69) is 33.7 Å². The number of thioether (sulfide) groups is 1. The Bertz CT molecular complexity index is 1220. The summed E-state index contributed by atoms with van der Waals surface area (Å²) in [5.41, 5.74) is 1.55. The maximum absolute atomic E-state index is 13.9. The normalized spacial score (nSPS) is 12.1. The van der Waals surface area contributed by atoms with Gasteiger partial charge in [-0.1, -0.05) is 72.4 Å². The zero-order valence-corrected chi connectivity index (χ0v) is 17.8. The summed E-state index contributed by atoms with van der Waals surface area (Å²) < 4.78 is 15.2. The number of hydrogen-bond donors (Lipinski definition) is 2. The van der Waals surface area contributed by atoms with Gasteiger partial charge in [0.1, 0.15) is 5.82 Å². The van der Waals surface area contributed by atoms with Gasteiger partial charge in [-0.05, 0) is 34.9 Å². The van der Waals surface area contributed by atoms with Gasteiger partial charge < -0.3 is 11.2 Å². The zero-order chi connectivity index (χ0) is 21.8. The third-order valence-corrected chi connectivity index (χ3v) is 5.98. The van der Waals surface area contributed by atoms with Gasteiger partial charge in [0.15, 0.2) is 5.82 Å². The zero-order valence-electron chi connectivity index (χ0n) is 17.0. The van der Waals surface area contributed by atoms with Crippen molar-refractivity contribution in [2.24, 2.45) is 0 Å². The molecule has 6 nitrogen and oxygen atoms in total. The molecule has 1 amide bonds. The van der Waals surface area contributed by atoms with Crippen molar-refractivity contribution in [2.75, 3.05) is 11.6 Å². The molecule has 3 aromatic carbocycles. The van der Waals surface area contributed by atoms with Crippen molar-refractivity contribution in [3.8, 4) is 0 Å². The molecule has 4 aromatic rings. The van der Waals surface area contributed by atoms with E-state index in [1.807, 2.05) is 31.2 Å². The van der Waals surface area contributed by atoms with E-state index in [9.17, 15) is 9.18 Å². The van der Waals surface area contributed by atoms with Crippen molar-refractivity contribution in [3.05, 3.63) is 89.5 Å². The molecular formula is C23H22FN5OS. The monoisotopic (exact) mass is 435 g/mol. The fraction of sp³-hybridized carbons (Fsp3) is 0.174. The molecular weight excluding hydrogens is 413 g/mol. The van der Waals surface area contributed by atoms with Crippen molar-refractivity contribution < 1.29 is 9.18 Å². The number of halogens is 1. The fourth-order valence-electron chi connectivity index (χ4n) is 3.46. The average molecular weight is 436 g/mol. The number of amides is 1. The number of rotatable bonds is 7. The Labute approximate surface area is 183 Å². The van der Waals surface area contributed by atoms with Crippen LogP contribution in [0, 0.1) is 5.82 Å². The van der Waals surface area contributed by atoms with Crippen LogP contribution in [0.2, 0.25) is 0 Å². The molecule has 0 unspecified atom stereocenters. The summed E-state index contributed by atoms with van der Waals surface area (Å²) in [6, 6.07) is 20.5. The minimum Gasteiger partial charge on any atom is -0.349 e. The summed E-state index contributed by atoms with van der Waals surface area (Å²) >= 11 is 1.19. The number of benzene rings is 3. The summed E-state index contributed by atoms with van der Waals surface area (Å²) in [5.74, 6) is 6.18. The lowest BCUT2D eigenvalue weighted by molar-refractivity contribution is -0.119. The van der Waals surface area contributed by atoms with Gasteiger partial charge in [-0.2, -0.15) is 0 Å². The number of carbonyl (C=O) groups excluding carboxylic acids is 1. The first-order valence-corrected chi connectivity index (χ1v) is 10.8. The summed E-state index contributed by atoms with van der Waals surface area (Å²) in [4.78, 5) is 12.5. The second-order valence-electron chi connectivity index (χ2n) is 7.18. The lowest BCUT2D eigenvalue weighted by Crippen LogP contribution is -2.28. The smallest absolute Gasteiger partial charge is 0.230 e. The van der Waals surface area contributed by atoms with Crippen molar-refractivity contribution >= 4 is 28.4 Å². The predicted octanol–water partition coefficient (Wildman–Crippen LogP) is 3.84. The number of aromatic nitrogens is 3. The van der Waals surface area contributed by atoms with E-state index >= 15 is 0 Å². The highest BCUT2D eigenvalue weighted by Crippen LogP contribution is 2.24. The van der Waals surface area contributed by atoms with E-state index in [1.54, 1.807) is 18.2 Å². The predicted molar refractivity (Wildman–Crippen MR) is 121 cm³/mol. The Morgan fingerprint density at radius 2 is 1.84 bits per heavy atom. The van der Waals surface area contributed by atoms with E-state index in [-0.39, 0.29) is 29.9 Å².